The van der Waals surface area contributed by atoms with E-state index in [1.165, 1.54) is 0 Å². The molecule has 20 heavy (non-hydrogen) atoms. The van der Waals surface area contributed by atoms with Gasteiger partial charge in [-0.05, 0) is 24.3 Å². The normalized spacial score (nSPS) is 10.4. The first-order chi connectivity index (χ1) is 9.40. The summed E-state index contributed by atoms with van der Waals surface area (Å²) in [6.07, 6.45) is 0. The summed E-state index contributed by atoms with van der Waals surface area (Å²) < 4.78 is 27.9. The van der Waals surface area contributed by atoms with Crippen LogP contribution in [0.1, 0.15) is 5.56 Å². The molecule has 2 nitrogen and oxygen atoms in total. The Hall–Kier alpha value is -1.24. The molecule has 0 heterocycles. The van der Waals surface area contributed by atoms with Crippen molar-refractivity contribution in [1.82, 2.24) is 0 Å². The Balaban J connectivity index is 2.51. The van der Waals surface area contributed by atoms with Crippen LogP contribution in [-0.2, 0) is 0 Å². The third-order valence-corrected chi connectivity index (χ3v) is 3.50. The number of hydrogen-bond donors (Lipinski definition) is 2. The number of nitrogens with one attached hydrogen (secondary N) is 1. The smallest absolute Gasteiger partial charge is 0.150 e. The number of nitrogens with two attached hydrogens (primary N) is 1. The molecular weight excluding hydrogens is 370 g/mol. The molecule has 0 radical (unpaired) electrons. The maximum atomic E-state index is 13.8. The predicted octanol–water partition coefficient (Wildman–Crippen LogP) is 4.76. The first-order valence-electron chi connectivity index (χ1n) is 5.40. The monoisotopic (exact) mass is 376 g/mol. The van der Waals surface area contributed by atoms with E-state index in [9.17, 15) is 8.78 Å². The third-order valence-electron chi connectivity index (χ3n) is 2.53. The van der Waals surface area contributed by atoms with Gasteiger partial charge in [0, 0.05) is 4.47 Å². The van der Waals surface area contributed by atoms with E-state index in [2.05, 4.69) is 21.2 Å². The van der Waals surface area contributed by atoms with Crippen molar-refractivity contribution in [3.63, 3.8) is 0 Å². The summed E-state index contributed by atoms with van der Waals surface area (Å²) in [4.78, 5) is 0.0380. The van der Waals surface area contributed by atoms with Gasteiger partial charge < -0.3 is 11.1 Å². The van der Waals surface area contributed by atoms with Gasteiger partial charge in [0.25, 0.3) is 0 Å². The molecule has 0 spiro atoms. The zero-order chi connectivity index (χ0) is 14.9. The second-order valence-electron chi connectivity index (χ2n) is 3.90. The van der Waals surface area contributed by atoms with Gasteiger partial charge in [0.1, 0.15) is 10.7 Å². The molecule has 3 N–H and O–H groups in total. The van der Waals surface area contributed by atoms with Gasteiger partial charge in [-0.2, -0.15) is 0 Å². The topological polar surface area (TPSA) is 38.0 Å². The Bertz CT molecular complexity index is 671. The number of anilines is 2. The number of benzene rings is 2. The molecule has 0 atom stereocenters. The zero-order valence-electron chi connectivity index (χ0n) is 9.88. The van der Waals surface area contributed by atoms with Crippen LogP contribution in [0.3, 0.4) is 0 Å². The Morgan fingerprint density at radius 3 is 2.40 bits per heavy atom. The maximum absolute atomic E-state index is 13.8. The molecule has 0 saturated carbocycles. The fourth-order valence-corrected chi connectivity index (χ4v) is 2.63. The van der Waals surface area contributed by atoms with Gasteiger partial charge in [0.2, 0.25) is 0 Å². The molecule has 0 aliphatic rings. The molecule has 0 aliphatic carbocycles. The minimum absolute atomic E-state index is 0.0380. The lowest BCUT2D eigenvalue weighted by molar-refractivity contribution is 0.589. The average Bonchev–Trinajstić information content (AvgIpc) is 2.33. The number of rotatable bonds is 3. The van der Waals surface area contributed by atoms with E-state index in [4.69, 9.17) is 29.6 Å². The van der Waals surface area contributed by atoms with Crippen molar-refractivity contribution < 1.29 is 8.78 Å². The Morgan fingerprint density at radius 1 is 1.25 bits per heavy atom. The van der Waals surface area contributed by atoms with Crippen molar-refractivity contribution in [2.24, 2.45) is 5.73 Å². The van der Waals surface area contributed by atoms with Gasteiger partial charge in [-0.15, -0.1) is 0 Å². The van der Waals surface area contributed by atoms with Crippen molar-refractivity contribution >= 4 is 56.1 Å². The maximum Gasteiger partial charge on any atom is 0.150 e. The molecule has 0 saturated heterocycles. The van der Waals surface area contributed by atoms with Crippen molar-refractivity contribution in [2.45, 2.75) is 0 Å². The predicted molar refractivity (Wildman–Crippen MR) is 84.7 cm³/mol. The van der Waals surface area contributed by atoms with Crippen LogP contribution in [-0.4, -0.2) is 4.99 Å². The van der Waals surface area contributed by atoms with Gasteiger partial charge in [-0.25, -0.2) is 8.78 Å². The van der Waals surface area contributed by atoms with Crippen molar-refractivity contribution in [3.05, 3.63) is 57.0 Å². The van der Waals surface area contributed by atoms with Gasteiger partial charge in [0.15, 0.2) is 11.6 Å². The fraction of sp³-hybridized carbons (Fsp3) is 0. The fourth-order valence-electron chi connectivity index (χ4n) is 1.68. The molecule has 0 bridgehead atoms. The van der Waals surface area contributed by atoms with Crippen LogP contribution in [0.4, 0.5) is 20.2 Å². The molecular formula is C13H8BrClF2N2S. The summed E-state index contributed by atoms with van der Waals surface area (Å²) in [6.45, 7) is 0. The van der Waals surface area contributed by atoms with E-state index in [0.29, 0.717) is 20.7 Å². The van der Waals surface area contributed by atoms with Gasteiger partial charge in [-0.3, -0.25) is 0 Å². The summed E-state index contributed by atoms with van der Waals surface area (Å²) in [6, 6.07) is 7.10. The van der Waals surface area contributed by atoms with Crippen molar-refractivity contribution in [3.8, 4) is 0 Å². The molecule has 2 rings (SSSR count). The summed E-state index contributed by atoms with van der Waals surface area (Å²) in [5, 5.41) is 2.94. The Kier molecular flexibility index (Phi) is 4.57. The Morgan fingerprint density at radius 2 is 1.85 bits per heavy atom. The van der Waals surface area contributed by atoms with Crippen LogP contribution in [0.15, 0.2) is 34.8 Å². The molecule has 0 unspecified atom stereocenters. The van der Waals surface area contributed by atoms with E-state index >= 15 is 0 Å². The third kappa shape index (κ3) is 3.08. The number of thiocarbonyl (C=S) groups is 1. The van der Waals surface area contributed by atoms with Crippen LogP contribution >= 0.6 is 39.7 Å². The van der Waals surface area contributed by atoms with Gasteiger partial charge >= 0.3 is 0 Å². The summed E-state index contributed by atoms with van der Waals surface area (Å²) in [7, 11) is 0. The largest absolute Gasteiger partial charge is 0.389 e. The lowest BCUT2D eigenvalue weighted by Gasteiger charge is -2.14. The van der Waals surface area contributed by atoms with Crippen molar-refractivity contribution in [1.29, 1.82) is 0 Å². The van der Waals surface area contributed by atoms with E-state index in [1.807, 2.05) is 0 Å². The van der Waals surface area contributed by atoms with Crippen LogP contribution < -0.4 is 11.1 Å². The van der Waals surface area contributed by atoms with Crippen molar-refractivity contribution in [2.75, 3.05) is 5.32 Å². The van der Waals surface area contributed by atoms with E-state index in [0.717, 1.165) is 12.1 Å². The molecule has 0 aliphatic heterocycles. The molecule has 0 aromatic heterocycles. The molecule has 2 aromatic carbocycles. The second-order valence-corrected chi connectivity index (χ2v) is 5.66. The van der Waals surface area contributed by atoms with Crippen LogP contribution in [0.25, 0.3) is 0 Å². The molecule has 104 valence electrons. The van der Waals surface area contributed by atoms with Crippen LogP contribution in [0.5, 0.6) is 0 Å². The van der Waals surface area contributed by atoms with E-state index in [1.54, 1.807) is 18.2 Å². The highest BCUT2D eigenvalue weighted by Crippen LogP contribution is 2.31. The quantitative estimate of drug-likeness (QED) is 0.758. The number of hydrogen-bond acceptors (Lipinski definition) is 2. The molecule has 2 aromatic rings. The second kappa shape index (κ2) is 6.03. The SMILES string of the molecule is NC(=S)c1c(Cl)cccc1Nc1c(F)cc(Br)cc1F. The minimum atomic E-state index is -0.745. The average molecular weight is 378 g/mol. The molecule has 0 amide bonds. The standard InChI is InChI=1S/C13H8BrClF2N2S/c14-6-4-8(16)12(9(17)5-6)19-10-3-1-2-7(15)11(10)13(18)20/h1-5,19H,(H2,18,20). The van der Waals surface area contributed by atoms with Gasteiger partial charge in [-0.1, -0.05) is 45.8 Å². The minimum Gasteiger partial charge on any atom is -0.389 e. The number of halogens is 4. The van der Waals surface area contributed by atoms with E-state index < -0.39 is 11.6 Å². The Labute approximate surface area is 133 Å². The summed E-state index contributed by atoms with van der Waals surface area (Å²) in [5.74, 6) is -1.49. The lowest BCUT2D eigenvalue weighted by Crippen LogP contribution is -2.13. The lowest BCUT2D eigenvalue weighted by atomic mass is 10.1. The van der Waals surface area contributed by atoms with Crippen LogP contribution in [0, 0.1) is 11.6 Å². The highest BCUT2D eigenvalue weighted by molar-refractivity contribution is 9.10. The molecule has 7 heteroatoms. The van der Waals surface area contributed by atoms with Crippen LogP contribution in [0.2, 0.25) is 5.02 Å². The molecule has 0 fully saturated rings. The zero-order valence-corrected chi connectivity index (χ0v) is 13.0. The highest BCUT2D eigenvalue weighted by Gasteiger charge is 2.15. The first-order valence-corrected chi connectivity index (χ1v) is 6.98. The van der Waals surface area contributed by atoms with Gasteiger partial charge in [0.05, 0.1) is 16.3 Å². The summed E-state index contributed by atoms with van der Waals surface area (Å²) >= 11 is 13.9. The first kappa shape index (κ1) is 15.2. The van der Waals surface area contributed by atoms with E-state index in [-0.39, 0.29) is 10.7 Å². The highest BCUT2D eigenvalue weighted by atomic mass is 79.9. The summed E-state index contributed by atoms with van der Waals surface area (Å²) in [5.41, 5.74) is 5.96.